The number of nitrogens with one attached hydrogen (secondary N) is 1. The number of aromatic amines is 1. The molecule has 1 aliphatic rings. The van der Waals surface area contributed by atoms with Gasteiger partial charge < -0.3 is 10.6 Å². The molecular formula is C8H12N4O. The van der Waals surface area contributed by atoms with E-state index in [0.29, 0.717) is 6.42 Å². The van der Waals surface area contributed by atoms with Gasteiger partial charge in [0.05, 0.1) is 11.7 Å². The molecule has 1 aliphatic heterocycles. The number of carbonyl (C=O) groups excluding carboxylic acids is 1. The Morgan fingerprint density at radius 1 is 1.77 bits per heavy atom. The quantitative estimate of drug-likeness (QED) is 0.619. The third kappa shape index (κ3) is 1.21. The van der Waals surface area contributed by atoms with Crippen molar-refractivity contribution in [1.29, 1.82) is 0 Å². The van der Waals surface area contributed by atoms with Gasteiger partial charge in [0, 0.05) is 25.7 Å². The van der Waals surface area contributed by atoms with Crippen molar-refractivity contribution in [2.75, 3.05) is 7.05 Å². The van der Waals surface area contributed by atoms with Gasteiger partial charge in [-0.1, -0.05) is 0 Å². The first-order valence-corrected chi connectivity index (χ1v) is 4.20. The Morgan fingerprint density at radius 3 is 3.00 bits per heavy atom. The van der Waals surface area contributed by atoms with Crippen LogP contribution < -0.4 is 5.73 Å². The highest BCUT2D eigenvalue weighted by atomic mass is 16.2. The maximum atomic E-state index is 11.3. The van der Waals surface area contributed by atoms with E-state index in [9.17, 15) is 4.79 Å². The van der Waals surface area contributed by atoms with E-state index in [1.54, 1.807) is 18.1 Å². The summed E-state index contributed by atoms with van der Waals surface area (Å²) < 4.78 is 0. The highest BCUT2D eigenvalue weighted by molar-refractivity contribution is 5.79. The molecule has 5 nitrogen and oxygen atoms in total. The zero-order valence-electron chi connectivity index (χ0n) is 7.40. The average molecular weight is 180 g/mol. The second-order valence-electron chi connectivity index (χ2n) is 3.33. The average Bonchev–Trinajstić information content (AvgIpc) is 2.63. The van der Waals surface area contributed by atoms with Crippen molar-refractivity contribution in [3.05, 3.63) is 18.0 Å². The lowest BCUT2D eigenvalue weighted by atomic mass is 10.1. The van der Waals surface area contributed by atoms with Crippen LogP contribution in [0.4, 0.5) is 0 Å². The summed E-state index contributed by atoms with van der Waals surface area (Å²) in [6.07, 6.45) is 2.08. The predicted molar refractivity (Wildman–Crippen MR) is 46.7 cm³/mol. The number of aromatic nitrogens is 2. The van der Waals surface area contributed by atoms with E-state index in [0.717, 1.165) is 5.69 Å². The van der Waals surface area contributed by atoms with Crippen molar-refractivity contribution < 1.29 is 4.79 Å². The highest BCUT2D eigenvalue weighted by Gasteiger charge is 2.36. The van der Waals surface area contributed by atoms with Crippen molar-refractivity contribution in [2.45, 2.75) is 18.5 Å². The summed E-state index contributed by atoms with van der Waals surface area (Å²) >= 11 is 0. The van der Waals surface area contributed by atoms with Gasteiger partial charge in [-0.25, -0.2) is 0 Å². The number of rotatable bonds is 1. The van der Waals surface area contributed by atoms with Crippen molar-refractivity contribution in [2.24, 2.45) is 5.73 Å². The minimum atomic E-state index is -0.127. The SMILES string of the molecule is CN1C(=O)CC(N)C1c1ccn[nH]1. The number of carbonyl (C=O) groups is 1. The first kappa shape index (κ1) is 8.25. The second kappa shape index (κ2) is 2.85. The zero-order chi connectivity index (χ0) is 9.42. The van der Waals surface area contributed by atoms with E-state index in [2.05, 4.69) is 10.2 Å². The first-order chi connectivity index (χ1) is 6.20. The van der Waals surface area contributed by atoms with E-state index >= 15 is 0 Å². The Morgan fingerprint density at radius 2 is 2.54 bits per heavy atom. The molecule has 3 N–H and O–H groups in total. The maximum absolute atomic E-state index is 11.3. The van der Waals surface area contributed by atoms with E-state index in [1.165, 1.54) is 0 Å². The van der Waals surface area contributed by atoms with Gasteiger partial charge in [-0.05, 0) is 6.07 Å². The lowest BCUT2D eigenvalue weighted by molar-refractivity contribution is -0.127. The molecule has 1 fully saturated rings. The molecule has 2 heterocycles. The molecule has 0 spiro atoms. The number of hydrogen-bond donors (Lipinski definition) is 2. The summed E-state index contributed by atoms with van der Waals surface area (Å²) in [5.74, 6) is 0.0899. The summed E-state index contributed by atoms with van der Waals surface area (Å²) in [6.45, 7) is 0. The molecule has 13 heavy (non-hydrogen) atoms. The summed E-state index contributed by atoms with van der Waals surface area (Å²) in [5, 5.41) is 6.68. The molecule has 1 aromatic rings. The largest absolute Gasteiger partial charge is 0.336 e. The van der Waals surface area contributed by atoms with Crippen molar-refractivity contribution in [3.8, 4) is 0 Å². The van der Waals surface area contributed by atoms with Crippen LogP contribution in [0.1, 0.15) is 18.2 Å². The van der Waals surface area contributed by atoms with Gasteiger partial charge >= 0.3 is 0 Å². The van der Waals surface area contributed by atoms with Crippen molar-refractivity contribution in [3.63, 3.8) is 0 Å². The van der Waals surface area contributed by atoms with Gasteiger partial charge in [0.15, 0.2) is 0 Å². The van der Waals surface area contributed by atoms with Crippen LogP contribution in [-0.4, -0.2) is 34.1 Å². The Kier molecular flexibility index (Phi) is 1.81. The fraction of sp³-hybridized carbons (Fsp3) is 0.500. The van der Waals surface area contributed by atoms with Gasteiger partial charge in [0.25, 0.3) is 0 Å². The molecule has 0 radical (unpaired) electrons. The summed E-state index contributed by atoms with van der Waals surface area (Å²) in [7, 11) is 1.76. The number of H-pyrrole nitrogens is 1. The lowest BCUT2D eigenvalue weighted by Crippen LogP contribution is -2.30. The molecule has 0 saturated carbocycles. The number of amides is 1. The van der Waals surface area contributed by atoms with E-state index in [-0.39, 0.29) is 18.0 Å². The minimum absolute atomic E-state index is 0.0463. The van der Waals surface area contributed by atoms with Crippen molar-refractivity contribution >= 4 is 5.91 Å². The predicted octanol–water partition coefficient (Wildman–Crippen LogP) is -0.360. The van der Waals surface area contributed by atoms with Crippen LogP contribution in [0.5, 0.6) is 0 Å². The molecule has 0 aliphatic carbocycles. The summed E-state index contributed by atoms with van der Waals surface area (Å²) in [6, 6.07) is 1.67. The third-order valence-corrected chi connectivity index (χ3v) is 2.47. The molecule has 70 valence electrons. The van der Waals surface area contributed by atoms with Gasteiger partial charge in [-0.15, -0.1) is 0 Å². The minimum Gasteiger partial charge on any atom is -0.336 e. The monoisotopic (exact) mass is 180 g/mol. The van der Waals surface area contributed by atoms with Crippen LogP contribution in [0.15, 0.2) is 12.3 Å². The maximum Gasteiger partial charge on any atom is 0.224 e. The fourth-order valence-corrected chi connectivity index (χ4v) is 1.77. The Bertz CT molecular complexity index is 308. The van der Waals surface area contributed by atoms with Gasteiger partial charge in [0.1, 0.15) is 0 Å². The van der Waals surface area contributed by atoms with Crippen molar-refractivity contribution in [1.82, 2.24) is 15.1 Å². The molecule has 2 unspecified atom stereocenters. The van der Waals surface area contributed by atoms with Crippen LogP contribution in [0.25, 0.3) is 0 Å². The molecule has 0 bridgehead atoms. The topological polar surface area (TPSA) is 75.0 Å². The normalized spacial score (nSPS) is 28.5. The summed E-state index contributed by atoms with van der Waals surface area (Å²) in [5.41, 5.74) is 6.74. The zero-order valence-corrected chi connectivity index (χ0v) is 7.40. The first-order valence-electron chi connectivity index (χ1n) is 4.20. The molecule has 1 aromatic heterocycles. The molecule has 1 amide bonds. The fourth-order valence-electron chi connectivity index (χ4n) is 1.77. The Hall–Kier alpha value is -1.36. The third-order valence-electron chi connectivity index (χ3n) is 2.47. The van der Waals surface area contributed by atoms with Crippen LogP contribution in [0.3, 0.4) is 0 Å². The van der Waals surface area contributed by atoms with Crippen LogP contribution in [-0.2, 0) is 4.79 Å². The van der Waals surface area contributed by atoms with Crippen LogP contribution in [0.2, 0.25) is 0 Å². The van der Waals surface area contributed by atoms with Gasteiger partial charge in [-0.2, -0.15) is 5.10 Å². The second-order valence-corrected chi connectivity index (χ2v) is 3.33. The molecular weight excluding hydrogens is 168 g/mol. The van der Waals surface area contributed by atoms with E-state index < -0.39 is 0 Å². The summed E-state index contributed by atoms with van der Waals surface area (Å²) in [4.78, 5) is 13.0. The highest BCUT2D eigenvalue weighted by Crippen LogP contribution is 2.28. The lowest BCUT2D eigenvalue weighted by Gasteiger charge is -2.20. The van der Waals surface area contributed by atoms with Crippen LogP contribution in [0, 0.1) is 0 Å². The Labute approximate surface area is 75.9 Å². The van der Waals surface area contributed by atoms with Crippen LogP contribution >= 0.6 is 0 Å². The van der Waals surface area contributed by atoms with E-state index in [4.69, 9.17) is 5.73 Å². The standard InChI is InChI=1S/C8H12N4O/c1-12-7(13)4-5(9)8(12)6-2-3-10-11-6/h2-3,5,8H,4,9H2,1H3,(H,10,11). The molecule has 2 atom stereocenters. The molecule has 1 saturated heterocycles. The number of likely N-dealkylation sites (N-methyl/N-ethyl adjacent to an activating group) is 1. The molecule has 5 heteroatoms. The molecule has 0 aromatic carbocycles. The van der Waals surface area contributed by atoms with Gasteiger partial charge in [-0.3, -0.25) is 9.89 Å². The number of nitrogens with zero attached hydrogens (tertiary/aromatic N) is 2. The molecule has 2 rings (SSSR count). The Balaban J connectivity index is 2.29. The van der Waals surface area contributed by atoms with E-state index in [1.807, 2.05) is 6.07 Å². The number of nitrogens with two attached hydrogens (primary N) is 1. The number of hydrogen-bond acceptors (Lipinski definition) is 3. The number of likely N-dealkylation sites (tertiary alicyclic amines) is 1. The smallest absolute Gasteiger partial charge is 0.224 e. The van der Waals surface area contributed by atoms with Gasteiger partial charge in [0.2, 0.25) is 5.91 Å².